The van der Waals surface area contributed by atoms with Gasteiger partial charge in [-0.25, -0.2) is 0 Å². The van der Waals surface area contributed by atoms with Crippen molar-refractivity contribution in [1.82, 2.24) is 0 Å². The summed E-state index contributed by atoms with van der Waals surface area (Å²) in [5.74, 6) is 1.22. The van der Waals surface area contributed by atoms with Crippen molar-refractivity contribution in [1.29, 1.82) is 0 Å². The van der Waals surface area contributed by atoms with Gasteiger partial charge in [-0.2, -0.15) is 7.11 Å². The van der Waals surface area contributed by atoms with Crippen LogP contribution in [0.25, 0.3) is 0 Å². The van der Waals surface area contributed by atoms with Crippen molar-refractivity contribution >= 4 is 35.1 Å². The third-order valence-corrected chi connectivity index (χ3v) is 12.3. The van der Waals surface area contributed by atoms with Crippen LogP contribution in [0.1, 0.15) is 6.92 Å². The average molecular weight is 332 g/mol. The van der Waals surface area contributed by atoms with Gasteiger partial charge < -0.3 is 5.11 Å². The van der Waals surface area contributed by atoms with Crippen molar-refractivity contribution in [2.75, 3.05) is 21.2 Å². The van der Waals surface area contributed by atoms with E-state index < -0.39 is 19.8 Å². The number of hydrogen-bond acceptors (Lipinski definition) is 3. The van der Waals surface area contributed by atoms with Gasteiger partial charge in [0.1, 0.15) is 0 Å². The summed E-state index contributed by atoms with van der Waals surface area (Å²) < 4.78 is 3.84. The minimum atomic E-state index is -1.42. The largest absolute Gasteiger partial charge is 0.857 e. The smallest absolute Gasteiger partial charge is 0.153 e. The summed E-state index contributed by atoms with van der Waals surface area (Å²) in [4.78, 5) is 0. The van der Waals surface area contributed by atoms with E-state index in [0.717, 1.165) is 11.7 Å². The van der Waals surface area contributed by atoms with E-state index in [-0.39, 0.29) is 0 Å². The maximum absolute atomic E-state index is 8.25. The third kappa shape index (κ3) is 6.45. The van der Waals surface area contributed by atoms with Crippen molar-refractivity contribution in [3.8, 4) is 0 Å². The van der Waals surface area contributed by atoms with Gasteiger partial charge in [-0.1, -0.05) is 0 Å². The topological polar surface area (TPSA) is 49.1 Å². The Hall–Kier alpha value is 0.289. The van der Waals surface area contributed by atoms with E-state index in [1.54, 1.807) is 3.58 Å². The summed E-state index contributed by atoms with van der Waals surface area (Å²) in [6.07, 6.45) is 0. The van der Waals surface area contributed by atoms with Gasteiger partial charge in [0.05, 0.1) is 0 Å². The SMILES string of the molecule is CCS[CH2][Sn+]([CH2]N)[c]1ccccc1.C[O-]. The van der Waals surface area contributed by atoms with Crippen LogP contribution < -0.4 is 14.4 Å². The monoisotopic (exact) mass is 333 g/mol. The molecule has 0 aliphatic carbocycles. The van der Waals surface area contributed by atoms with Gasteiger partial charge in [-0.15, -0.1) is 0 Å². The fraction of sp³-hybridized carbons (Fsp3) is 0.455. The molecule has 1 aromatic carbocycles. The van der Waals surface area contributed by atoms with Crippen LogP contribution in [0.5, 0.6) is 0 Å². The summed E-state index contributed by atoms with van der Waals surface area (Å²) in [6, 6.07) is 10.8. The maximum Gasteiger partial charge on any atom is -0.153 e. The molecule has 0 amide bonds. The Morgan fingerprint density at radius 3 is 2.33 bits per heavy atom. The van der Waals surface area contributed by atoms with Crippen LogP contribution in [0, 0.1) is 0 Å². The Morgan fingerprint density at radius 2 is 1.87 bits per heavy atom. The van der Waals surface area contributed by atoms with Crippen LogP contribution in [0.3, 0.4) is 0 Å². The number of benzene rings is 1. The van der Waals surface area contributed by atoms with Crippen LogP contribution in [-0.4, -0.2) is 41.0 Å². The number of nitrogens with two attached hydrogens (primary N) is 1. The molecule has 0 heterocycles. The fourth-order valence-electron chi connectivity index (χ4n) is 1.16. The van der Waals surface area contributed by atoms with E-state index in [2.05, 4.69) is 37.3 Å². The zero-order valence-electron chi connectivity index (χ0n) is 9.40. The molecule has 84 valence electrons. The van der Waals surface area contributed by atoms with Crippen molar-refractivity contribution < 1.29 is 5.11 Å². The van der Waals surface area contributed by atoms with Crippen LogP contribution in [0.15, 0.2) is 30.3 Å². The Kier molecular flexibility index (Phi) is 11.0. The molecule has 0 fully saturated rings. The molecule has 2 nitrogen and oxygen atoms in total. The van der Waals surface area contributed by atoms with Crippen LogP contribution in [-0.2, 0) is 0 Å². The second-order valence-electron chi connectivity index (χ2n) is 2.81. The van der Waals surface area contributed by atoms with E-state index in [1.807, 2.05) is 11.8 Å². The van der Waals surface area contributed by atoms with E-state index in [4.69, 9.17) is 10.8 Å². The molecule has 4 heteroatoms. The molecular weight excluding hydrogens is 313 g/mol. The van der Waals surface area contributed by atoms with Crippen molar-refractivity contribution in [2.45, 2.75) is 6.92 Å². The first-order valence-electron chi connectivity index (χ1n) is 4.97. The van der Waals surface area contributed by atoms with Gasteiger partial charge in [0.2, 0.25) is 0 Å². The molecule has 1 aromatic rings. The Labute approximate surface area is 104 Å². The second-order valence-corrected chi connectivity index (χ2v) is 12.8. The van der Waals surface area contributed by atoms with Crippen LogP contribution in [0.2, 0.25) is 0 Å². The Bertz CT molecular complexity index is 233. The standard InChI is InChI=1S/C6H5.C3H7S.CH4N.CH3O.Sn/c1-2-4-6-5-3-1;1-3-4-2;2*1-2;/h1-5H;2-3H2,1H3;1-2H2;1H3;/q;;;-1;+1. The molecule has 0 radical (unpaired) electrons. The van der Waals surface area contributed by atoms with Gasteiger partial charge in [0.15, 0.2) is 0 Å². The van der Waals surface area contributed by atoms with Crippen molar-refractivity contribution in [2.24, 2.45) is 5.73 Å². The third-order valence-electron chi connectivity index (χ3n) is 1.91. The van der Waals surface area contributed by atoms with E-state index in [9.17, 15) is 0 Å². The fourth-order valence-corrected chi connectivity index (χ4v) is 10.8. The number of rotatable bonds is 5. The Balaban J connectivity index is 0.000000921. The van der Waals surface area contributed by atoms with Gasteiger partial charge in [-0.3, -0.25) is 0 Å². The summed E-state index contributed by atoms with van der Waals surface area (Å²) in [6.45, 7) is 2.22. The molecule has 15 heavy (non-hydrogen) atoms. The average Bonchev–Trinajstić information content (AvgIpc) is 2.34. The normalized spacial score (nSPS) is 9.07. The molecule has 0 aliphatic rings. The molecule has 0 saturated heterocycles. The minimum Gasteiger partial charge on any atom is -0.857 e. The van der Waals surface area contributed by atoms with Crippen molar-refractivity contribution in [3.63, 3.8) is 0 Å². The van der Waals surface area contributed by atoms with Gasteiger partial charge in [-0.05, 0) is 0 Å². The summed E-state index contributed by atoms with van der Waals surface area (Å²) in [7, 11) is 0.750. The summed E-state index contributed by atoms with van der Waals surface area (Å²) in [5, 5.41) is 8.25. The van der Waals surface area contributed by atoms with Gasteiger partial charge in [0.25, 0.3) is 0 Å². The van der Waals surface area contributed by atoms with E-state index in [1.165, 1.54) is 9.52 Å². The maximum atomic E-state index is 8.25. The zero-order chi connectivity index (χ0) is 11.5. The van der Waals surface area contributed by atoms with Crippen LogP contribution in [0.4, 0.5) is 0 Å². The molecule has 0 atom stereocenters. The quantitative estimate of drug-likeness (QED) is 0.782. The predicted molar refractivity (Wildman–Crippen MR) is 69.8 cm³/mol. The van der Waals surface area contributed by atoms with Crippen molar-refractivity contribution in [3.05, 3.63) is 30.3 Å². The molecule has 0 saturated carbocycles. The summed E-state index contributed by atoms with van der Waals surface area (Å²) in [5.41, 5.74) is 5.82. The molecule has 0 spiro atoms. The number of thioether (sulfide) groups is 1. The molecular formula is C11H19NOSSn. The second kappa shape index (κ2) is 10.8. The first-order chi connectivity index (χ1) is 7.38. The first kappa shape index (κ1) is 15.3. The summed E-state index contributed by atoms with van der Waals surface area (Å²) >= 11 is 0.626. The van der Waals surface area contributed by atoms with Crippen LogP contribution >= 0.6 is 11.8 Å². The van der Waals surface area contributed by atoms with Gasteiger partial charge in [0, 0.05) is 0 Å². The first-order valence-corrected chi connectivity index (χ1v) is 11.6. The molecule has 1 rings (SSSR count). The molecule has 0 unspecified atom stereocenters. The van der Waals surface area contributed by atoms with Gasteiger partial charge >= 0.3 is 92.2 Å². The molecule has 0 bridgehead atoms. The minimum absolute atomic E-state index is 0.750. The number of hydrogen-bond donors (Lipinski definition) is 1. The molecule has 2 N–H and O–H groups in total. The molecule has 0 aliphatic heterocycles. The van der Waals surface area contributed by atoms with E-state index in [0.29, 0.717) is 0 Å². The van der Waals surface area contributed by atoms with E-state index >= 15 is 0 Å². The Morgan fingerprint density at radius 1 is 1.27 bits per heavy atom. The predicted octanol–water partition coefficient (Wildman–Crippen LogP) is 0.155. The molecule has 0 aromatic heterocycles. The zero-order valence-corrected chi connectivity index (χ0v) is 13.1.